The molecule has 0 radical (unpaired) electrons. The minimum atomic E-state index is -0.812. The Kier molecular flexibility index (Phi) is 7.59. The largest absolute Gasteiger partial charge is 0.480 e. The molecular weight excluding hydrogens is 360 g/mol. The van der Waals surface area contributed by atoms with Crippen molar-refractivity contribution in [2.24, 2.45) is 0 Å². The van der Waals surface area contributed by atoms with Crippen molar-refractivity contribution < 1.29 is 14.7 Å². The first-order valence-corrected chi connectivity index (χ1v) is 9.75. The van der Waals surface area contributed by atoms with Crippen molar-refractivity contribution in [3.05, 3.63) is 29.3 Å². The molecule has 25 heavy (non-hydrogen) atoms. The van der Waals surface area contributed by atoms with Crippen LogP contribution in [0.5, 0.6) is 0 Å². The van der Waals surface area contributed by atoms with Gasteiger partial charge >= 0.3 is 5.97 Å². The highest BCUT2D eigenvalue weighted by atomic mass is 35.5. The molecule has 1 aliphatic rings. The minimum absolute atomic E-state index is 0.0431. The molecule has 2 unspecified atom stereocenters. The number of aliphatic carboxylic acids is 1. The van der Waals surface area contributed by atoms with Crippen molar-refractivity contribution in [2.45, 2.75) is 42.4 Å². The van der Waals surface area contributed by atoms with Gasteiger partial charge in [-0.2, -0.15) is 0 Å². The smallest absolute Gasteiger partial charge is 0.317 e. The van der Waals surface area contributed by atoms with Crippen molar-refractivity contribution >= 4 is 35.2 Å². The van der Waals surface area contributed by atoms with Crippen LogP contribution in [-0.2, 0) is 9.59 Å². The molecule has 0 bridgehead atoms. The first kappa shape index (κ1) is 20.1. The van der Waals surface area contributed by atoms with Crippen molar-refractivity contribution in [1.29, 1.82) is 0 Å². The molecule has 0 spiro atoms. The third-order valence-corrected chi connectivity index (χ3v) is 5.84. The molecule has 1 aromatic carbocycles. The summed E-state index contributed by atoms with van der Waals surface area (Å²) in [7, 11) is 1.84. The number of benzene rings is 1. The van der Waals surface area contributed by atoms with Crippen LogP contribution in [0.2, 0.25) is 5.02 Å². The number of carboxylic acids is 1. The van der Waals surface area contributed by atoms with Gasteiger partial charge in [0.2, 0.25) is 5.91 Å². The zero-order valence-corrected chi connectivity index (χ0v) is 16.2. The second-order valence-corrected chi connectivity index (χ2v) is 8.28. The van der Waals surface area contributed by atoms with E-state index < -0.39 is 5.97 Å². The lowest BCUT2D eigenvalue weighted by Gasteiger charge is -2.26. The van der Waals surface area contributed by atoms with E-state index in [1.165, 1.54) is 11.8 Å². The van der Waals surface area contributed by atoms with E-state index in [2.05, 4.69) is 0 Å². The Labute approximate surface area is 158 Å². The normalized spacial score (nSPS) is 19.5. The summed E-state index contributed by atoms with van der Waals surface area (Å²) in [5, 5.41) is 9.47. The third-order valence-electron chi connectivity index (χ3n) is 4.49. The van der Waals surface area contributed by atoms with Gasteiger partial charge in [0, 0.05) is 29.0 Å². The Bertz CT molecular complexity index is 596. The van der Waals surface area contributed by atoms with Gasteiger partial charge in [-0.25, -0.2) is 0 Å². The molecule has 1 aliphatic heterocycles. The van der Waals surface area contributed by atoms with Gasteiger partial charge in [0.25, 0.3) is 0 Å². The summed E-state index contributed by atoms with van der Waals surface area (Å²) in [5.41, 5.74) is 0. The van der Waals surface area contributed by atoms with Gasteiger partial charge in [0.15, 0.2) is 0 Å². The van der Waals surface area contributed by atoms with Crippen molar-refractivity contribution in [3.63, 3.8) is 0 Å². The number of carbonyl (C=O) groups excluding carboxylic acids is 1. The Balaban J connectivity index is 1.89. The Morgan fingerprint density at radius 1 is 1.32 bits per heavy atom. The predicted octanol–water partition coefficient (Wildman–Crippen LogP) is 3.22. The standard InChI is InChI=1S/C18H25ClN2O3S/c1-13(25-16-7-5-14(19)6-8-16)18(24)21-10-3-4-15(9-11-21)20(2)12-17(22)23/h5-8,13,15H,3-4,9-12H2,1-2H3,(H,22,23). The Morgan fingerprint density at radius 3 is 2.64 bits per heavy atom. The second kappa shape index (κ2) is 9.46. The zero-order chi connectivity index (χ0) is 18.4. The SMILES string of the molecule is CC(Sc1ccc(Cl)cc1)C(=O)N1CCCC(N(C)CC(=O)O)CC1. The fraction of sp³-hybridized carbons (Fsp3) is 0.556. The van der Waals surface area contributed by atoms with Crippen LogP contribution in [0.15, 0.2) is 29.2 Å². The van der Waals surface area contributed by atoms with Gasteiger partial charge in [-0.3, -0.25) is 14.5 Å². The molecule has 7 heteroatoms. The Morgan fingerprint density at radius 2 is 2.00 bits per heavy atom. The maximum atomic E-state index is 12.7. The van der Waals surface area contributed by atoms with Gasteiger partial charge in [-0.1, -0.05) is 11.6 Å². The molecule has 0 saturated carbocycles. The number of carbonyl (C=O) groups is 2. The van der Waals surface area contributed by atoms with Crippen LogP contribution in [0, 0.1) is 0 Å². The summed E-state index contributed by atoms with van der Waals surface area (Å²) >= 11 is 7.43. The molecule has 1 amide bonds. The van der Waals surface area contributed by atoms with Crippen molar-refractivity contribution in [1.82, 2.24) is 9.80 Å². The van der Waals surface area contributed by atoms with E-state index in [9.17, 15) is 9.59 Å². The van der Waals surface area contributed by atoms with E-state index in [0.717, 1.165) is 30.7 Å². The molecular formula is C18H25ClN2O3S. The summed E-state index contributed by atoms with van der Waals surface area (Å²) < 4.78 is 0. The monoisotopic (exact) mass is 384 g/mol. The number of nitrogens with zero attached hydrogens (tertiary/aromatic N) is 2. The second-order valence-electron chi connectivity index (χ2n) is 6.43. The first-order valence-electron chi connectivity index (χ1n) is 8.50. The van der Waals surface area contributed by atoms with Gasteiger partial charge in [0.1, 0.15) is 0 Å². The quantitative estimate of drug-likeness (QED) is 0.763. The maximum absolute atomic E-state index is 12.7. The maximum Gasteiger partial charge on any atom is 0.317 e. The lowest BCUT2D eigenvalue weighted by molar-refractivity contribution is -0.138. The average molecular weight is 385 g/mol. The van der Waals surface area contributed by atoms with E-state index in [4.69, 9.17) is 16.7 Å². The average Bonchev–Trinajstić information content (AvgIpc) is 2.81. The minimum Gasteiger partial charge on any atom is -0.480 e. The number of likely N-dealkylation sites (N-methyl/N-ethyl adjacent to an activating group) is 1. The molecule has 1 N–H and O–H groups in total. The number of likely N-dealkylation sites (tertiary alicyclic amines) is 1. The van der Waals surface area contributed by atoms with E-state index in [-0.39, 0.29) is 23.7 Å². The van der Waals surface area contributed by atoms with Gasteiger partial charge in [-0.15, -0.1) is 11.8 Å². The summed E-state index contributed by atoms with van der Waals surface area (Å²) in [5.74, 6) is -0.672. The zero-order valence-electron chi connectivity index (χ0n) is 14.7. The van der Waals surface area contributed by atoms with Crippen LogP contribution in [0.3, 0.4) is 0 Å². The molecule has 138 valence electrons. The van der Waals surface area contributed by atoms with Crippen LogP contribution < -0.4 is 0 Å². The fourth-order valence-electron chi connectivity index (χ4n) is 3.11. The lowest BCUT2D eigenvalue weighted by Crippen LogP contribution is -2.39. The highest BCUT2D eigenvalue weighted by molar-refractivity contribution is 8.00. The Hall–Kier alpha value is -1.24. The van der Waals surface area contributed by atoms with E-state index in [0.29, 0.717) is 11.6 Å². The number of halogens is 1. The first-order chi connectivity index (χ1) is 11.9. The van der Waals surface area contributed by atoms with Crippen LogP contribution in [-0.4, -0.2) is 64.8 Å². The van der Waals surface area contributed by atoms with Crippen LogP contribution in [0.25, 0.3) is 0 Å². The topological polar surface area (TPSA) is 60.9 Å². The summed E-state index contributed by atoms with van der Waals surface area (Å²) in [4.78, 5) is 28.4. The number of hydrogen-bond acceptors (Lipinski definition) is 4. The van der Waals surface area contributed by atoms with Crippen LogP contribution in [0.4, 0.5) is 0 Å². The molecule has 5 nitrogen and oxygen atoms in total. The number of rotatable bonds is 6. The highest BCUT2D eigenvalue weighted by Gasteiger charge is 2.26. The molecule has 2 atom stereocenters. The fourth-order valence-corrected chi connectivity index (χ4v) is 4.18. The van der Waals surface area contributed by atoms with Crippen LogP contribution >= 0.6 is 23.4 Å². The summed E-state index contributed by atoms with van der Waals surface area (Å²) in [6.07, 6.45) is 2.64. The molecule has 1 fully saturated rings. The van der Waals surface area contributed by atoms with Gasteiger partial charge in [0.05, 0.1) is 11.8 Å². The van der Waals surface area contributed by atoms with Crippen molar-refractivity contribution in [3.8, 4) is 0 Å². The molecule has 2 rings (SSSR count). The van der Waals surface area contributed by atoms with Crippen molar-refractivity contribution in [2.75, 3.05) is 26.7 Å². The summed E-state index contributed by atoms with van der Waals surface area (Å²) in [6, 6.07) is 7.73. The molecule has 0 aromatic heterocycles. The van der Waals surface area contributed by atoms with Crippen LogP contribution in [0.1, 0.15) is 26.2 Å². The molecule has 1 aromatic rings. The third kappa shape index (κ3) is 6.20. The van der Waals surface area contributed by atoms with Gasteiger partial charge in [-0.05, 0) is 57.5 Å². The molecule has 1 saturated heterocycles. The van der Waals surface area contributed by atoms with E-state index in [1.807, 2.05) is 48.0 Å². The number of amides is 1. The number of carboxylic acid groups (broad SMARTS) is 1. The van der Waals surface area contributed by atoms with Gasteiger partial charge < -0.3 is 10.0 Å². The molecule has 1 heterocycles. The van der Waals surface area contributed by atoms with E-state index >= 15 is 0 Å². The van der Waals surface area contributed by atoms with E-state index in [1.54, 1.807) is 0 Å². The number of thioether (sulfide) groups is 1. The lowest BCUT2D eigenvalue weighted by atomic mass is 10.1. The highest BCUT2D eigenvalue weighted by Crippen LogP contribution is 2.27. The number of hydrogen-bond donors (Lipinski definition) is 1. The predicted molar refractivity (Wildman–Crippen MR) is 101 cm³/mol. The summed E-state index contributed by atoms with van der Waals surface area (Å²) in [6.45, 7) is 3.39. The molecule has 0 aliphatic carbocycles.